The summed E-state index contributed by atoms with van der Waals surface area (Å²) < 4.78 is 5.15. The molecule has 0 fully saturated rings. The highest BCUT2D eigenvalue weighted by atomic mass is 16.5. The first kappa shape index (κ1) is 16.1. The lowest BCUT2D eigenvalue weighted by molar-refractivity contribution is -0.121. The maximum Gasteiger partial charge on any atom is 0.244 e. The Kier molecular flexibility index (Phi) is 4.79. The summed E-state index contributed by atoms with van der Waals surface area (Å²) >= 11 is 0. The van der Waals surface area contributed by atoms with Crippen molar-refractivity contribution < 1.29 is 14.3 Å². The summed E-state index contributed by atoms with van der Waals surface area (Å²) in [5.41, 5.74) is 2.59. The summed E-state index contributed by atoms with van der Waals surface area (Å²) in [4.78, 5) is 26.4. The second-order valence-electron chi connectivity index (χ2n) is 5.74. The summed E-state index contributed by atoms with van der Waals surface area (Å²) in [6, 6.07) is 14.9. The number of methoxy groups -OCH3 is 1. The quantitative estimate of drug-likeness (QED) is 0.940. The lowest BCUT2D eigenvalue weighted by Crippen LogP contribution is -2.37. The number of amides is 2. The number of aryl methyl sites for hydroxylation is 1. The van der Waals surface area contributed by atoms with Gasteiger partial charge in [-0.3, -0.25) is 9.59 Å². The molecular formula is C19H20N2O3. The molecule has 0 saturated heterocycles. The Bertz CT molecular complexity index is 758. The van der Waals surface area contributed by atoms with Gasteiger partial charge in [0.1, 0.15) is 12.3 Å². The van der Waals surface area contributed by atoms with Crippen molar-refractivity contribution in [3.63, 3.8) is 0 Å². The molecule has 2 aromatic rings. The van der Waals surface area contributed by atoms with E-state index in [0.29, 0.717) is 17.9 Å². The summed E-state index contributed by atoms with van der Waals surface area (Å²) in [7, 11) is 1.58. The molecular weight excluding hydrogens is 304 g/mol. The molecule has 0 aliphatic carbocycles. The van der Waals surface area contributed by atoms with Gasteiger partial charge in [-0.15, -0.1) is 0 Å². The maximum absolute atomic E-state index is 12.4. The fraction of sp³-hybridized carbons (Fsp3) is 0.263. The van der Waals surface area contributed by atoms with E-state index in [2.05, 4.69) is 5.32 Å². The molecule has 1 aliphatic heterocycles. The second-order valence-corrected chi connectivity index (χ2v) is 5.74. The topological polar surface area (TPSA) is 58.6 Å². The Morgan fingerprint density at radius 3 is 2.83 bits per heavy atom. The lowest BCUT2D eigenvalue weighted by atomic mass is 10.1. The molecule has 1 heterocycles. The molecule has 1 aliphatic rings. The van der Waals surface area contributed by atoms with Crippen molar-refractivity contribution in [2.75, 3.05) is 23.9 Å². The Morgan fingerprint density at radius 1 is 1.17 bits per heavy atom. The van der Waals surface area contributed by atoms with Crippen LogP contribution in [0.5, 0.6) is 5.75 Å². The number of rotatable bonds is 4. The Balaban J connectivity index is 1.76. The van der Waals surface area contributed by atoms with Gasteiger partial charge < -0.3 is 15.0 Å². The van der Waals surface area contributed by atoms with E-state index < -0.39 is 0 Å². The molecule has 2 aromatic carbocycles. The molecule has 124 valence electrons. The zero-order valence-electron chi connectivity index (χ0n) is 13.6. The van der Waals surface area contributed by atoms with Crippen molar-refractivity contribution in [1.29, 1.82) is 0 Å². The third-order valence-corrected chi connectivity index (χ3v) is 4.08. The molecule has 0 aromatic heterocycles. The maximum atomic E-state index is 12.4. The highest BCUT2D eigenvalue weighted by molar-refractivity contribution is 6.03. The number of carbonyl (C=O) groups is 2. The van der Waals surface area contributed by atoms with Gasteiger partial charge in [0.15, 0.2) is 0 Å². The number of ether oxygens (including phenoxy) is 1. The minimum Gasteiger partial charge on any atom is -0.497 e. The second kappa shape index (κ2) is 7.17. The van der Waals surface area contributed by atoms with Gasteiger partial charge in [-0.25, -0.2) is 0 Å². The molecule has 5 heteroatoms. The van der Waals surface area contributed by atoms with Crippen LogP contribution >= 0.6 is 0 Å². The molecule has 0 spiro atoms. The van der Waals surface area contributed by atoms with Gasteiger partial charge in [0, 0.05) is 23.9 Å². The molecule has 3 rings (SSSR count). The predicted octanol–water partition coefficient (Wildman–Crippen LogP) is 3.00. The van der Waals surface area contributed by atoms with E-state index in [1.807, 2.05) is 30.3 Å². The van der Waals surface area contributed by atoms with E-state index in [1.165, 1.54) is 0 Å². The minimum absolute atomic E-state index is 0.00700. The van der Waals surface area contributed by atoms with Crippen LogP contribution in [-0.4, -0.2) is 25.5 Å². The number of para-hydroxylation sites is 1. The number of hydrogen-bond donors (Lipinski definition) is 1. The first-order valence-electron chi connectivity index (χ1n) is 7.99. The van der Waals surface area contributed by atoms with Crippen LogP contribution < -0.4 is 15.0 Å². The third kappa shape index (κ3) is 3.56. The van der Waals surface area contributed by atoms with Gasteiger partial charge in [0.2, 0.25) is 11.8 Å². The van der Waals surface area contributed by atoms with Gasteiger partial charge >= 0.3 is 0 Å². The van der Waals surface area contributed by atoms with Gasteiger partial charge in [-0.2, -0.15) is 0 Å². The highest BCUT2D eigenvalue weighted by Crippen LogP contribution is 2.26. The van der Waals surface area contributed by atoms with Crippen LogP contribution in [-0.2, 0) is 16.0 Å². The summed E-state index contributed by atoms with van der Waals surface area (Å²) in [6.45, 7) is 0.00700. The van der Waals surface area contributed by atoms with Gasteiger partial charge in [0.05, 0.1) is 7.11 Å². The van der Waals surface area contributed by atoms with Crippen molar-refractivity contribution in [3.05, 3.63) is 54.1 Å². The fourth-order valence-corrected chi connectivity index (χ4v) is 2.90. The van der Waals surface area contributed by atoms with Crippen LogP contribution in [0.2, 0.25) is 0 Å². The zero-order valence-corrected chi connectivity index (χ0v) is 13.6. The molecule has 1 N–H and O–H groups in total. The number of carbonyl (C=O) groups excluding carboxylic acids is 2. The van der Waals surface area contributed by atoms with Gasteiger partial charge in [0.25, 0.3) is 0 Å². The molecule has 0 radical (unpaired) electrons. The smallest absolute Gasteiger partial charge is 0.244 e. The van der Waals surface area contributed by atoms with Crippen molar-refractivity contribution in [1.82, 2.24) is 0 Å². The number of nitrogens with zero attached hydrogens (tertiary/aromatic N) is 1. The Labute approximate surface area is 141 Å². The van der Waals surface area contributed by atoms with E-state index in [-0.39, 0.29) is 18.4 Å². The van der Waals surface area contributed by atoms with Crippen molar-refractivity contribution in [3.8, 4) is 5.75 Å². The van der Waals surface area contributed by atoms with Gasteiger partial charge in [-0.05, 0) is 36.6 Å². The number of nitrogens with one attached hydrogen (secondary N) is 1. The summed E-state index contributed by atoms with van der Waals surface area (Å²) in [5.74, 6) is 0.429. The van der Waals surface area contributed by atoms with E-state index in [9.17, 15) is 9.59 Å². The molecule has 24 heavy (non-hydrogen) atoms. The molecule has 0 saturated carbocycles. The summed E-state index contributed by atoms with van der Waals surface area (Å²) in [5, 5.41) is 2.82. The van der Waals surface area contributed by atoms with Crippen molar-refractivity contribution in [2.24, 2.45) is 0 Å². The largest absolute Gasteiger partial charge is 0.497 e. The minimum atomic E-state index is -0.228. The average molecular weight is 324 g/mol. The standard InChI is InChI=1S/C19H20N2O3/c1-24-16-9-5-8-15(12-16)20-18(22)13-21-17-10-3-2-6-14(17)7-4-11-19(21)23/h2-3,5-6,8-10,12H,4,7,11,13H2,1H3,(H,20,22). The molecule has 0 unspecified atom stereocenters. The van der Waals surface area contributed by atoms with Crippen LogP contribution in [0.4, 0.5) is 11.4 Å². The van der Waals surface area contributed by atoms with Crippen LogP contribution in [0.1, 0.15) is 18.4 Å². The lowest BCUT2D eigenvalue weighted by Gasteiger charge is -2.22. The number of anilines is 2. The summed E-state index contributed by atoms with van der Waals surface area (Å²) in [6.07, 6.45) is 2.13. The number of fused-ring (bicyclic) bond motifs is 1. The fourth-order valence-electron chi connectivity index (χ4n) is 2.90. The SMILES string of the molecule is COc1cccc(NC(=O)CN2C(=O)CCCc3ccccc32)c1. The third-order valence-electron chi connectivity index (χ3n) is 4.08. The highest BCUT2D eigenvalue weighted by Gasteiger charge is 2.23. The molecule has 5 nitrogen and oxygen atoms in total. The van der Waals surface area contributed by atoms with Crippen LogP contribution in [0, 0.1) is 0 Å². The predicted molar refractivity (Wildman–Crippen MR) is 93.4 cm³/mol. The number of hydrogen-bond acceptors (Lipinski definition) is 3. The molecule has 0 bridgehead atoms. The normalized spacial score (nSPS) is 13.9. The van der Waals surface area contributed by atoms with E-state index >= 15 is 0 Å². The van der Waals surface area contributed by atoms with Crippen LogP contribution in [0.15, 0.2) is 48.5 Å². The van der Waals surface area contributed by atoms with Crippen molar-refractivity contribution >= 4 is 23.2 Å². The van der Waals surface area contributed by atoms with E-state index in [1.54, 1.807) is 30.2 Å². The van der Waals surface area contributed by atoms with Gasteiger partial charge in [-0.1, -0.05) is 24.3 Å². The van der Waals surface area contributed by atoms with E-state index in [4.69, 9.17) is 4.74 Å². The monoisotopic (exact) mass is 324 g/mol. The first-order valence-corrected chi connectivity index (χ1v) is 7.99. The van der Waals surface area contributed by atoms with Crippen LogP contribution in [0.25, 0.3) is 0 Å². The Morgan fingerprint density at radius 2 is 2.00 bits per heavy atom. The van der Waals surface area contributed by atoms with Crippen molar-refractivity contribution in [2.45, 2.75) is 19.3 Å². The first-order chi connectivity index (χ1) is 11.7. The Hall–Kier alpha value is -2.82. The van der Waals surface area contributed by atoms with E-state index in [0.717, 1.165) is 24.1 Å². The average Bonchev–Trinajstić information content (AvgIpc) is 2.74. The van der Waals surface area contributed by atoms with Crippen LogP contribution in [0.3, 0.4) is 0 Å². The number of benzene rings is 2. The molecule has 0 atom stereocenters. The molecule has 2 amide bonds. The zero-order chi connectivity index (χ0) is 16.9.